The van der Waals surface area contributed by atoms with Crippen molar-refractivity contribution in [2.24, 2.45) is 0 Å². The number of likely N-dealkylation sites (N-methyl/N-ethyl adjacent to an activating group) is 1. The Bertz CT molecular complexity index is 1020. The lowest BCUT2D eigenvalue weighted by molar-refractivity contribution is -0.134. The molecule has 2 heterocycles. The van der Waals surface area contributed by atoms with Crippen LogP contribution in [-0.4, -0.2) is 73.1 Å². The Morgan fingerprint density at radius 1 is 0.970 bits per heavy atom. The van der Waals surface area contributed by atoms with E-state index < -0.39 is 5.54 Å². The molecule has 33 heavy (non-hydrogen) atoms. The molecule has 8 heteroatoms. The Hall–Kier alpha value is -3.13. The summed E-state index contributed by atoms with van der Waals surface area (Å²) in [5.74, 6) is 0.975. The zero-order valence-electron chi connectivity index (χ0n) is 19.3. The number of carbonyl (C=O) groups is 2. The van der Waals surface area contributed by atoms with Gasteiger partial charge in [-0.2, -0.15) is 0 Å². The van der Waals surface area contributed by atoms with E-state index in [1.165, 1.54) is 11.0 Å². The van der Waals surface area contributed by atoms with E-state index in [0.717, 1.165) is 11.3 Å². The van der Waals surface area contributed by atoms with Gasteiger partial charge in [0.2, 0.25) is 0 Å². The number of carbonyl (C=O) groups excluding carboxylic acids is 2. The van der Waals surface area contributed by atoms with Gasteiger partial charge in [-0.1, -0.05) is 12.1 Å². The Kier molecular flexibility index (Phi) is 6.56. The molecule has 0 saturated carbocycles. The molecule has 0 N–H and O–H groups in total. The van der Waals surface area contributed by atoms with Gasteiger partial charge in [0.15, 0.2) is 0 Å². The first-order valence-electron chi connectivity index (χ1n) is 11.2. The smallest absolute Gasteiger partial charge is 0.327 e. The number of amides is 3. The molecule has 0 bridgehead atoms. The summed E-state index contributed by atoms with van der Waals surface area (Å²) in [4.78, 5) is 31.2. The van der Waals surface area contributed by atoms with Crippen molar-refractivity contribution in [3.05, 3.63) is 59.4 Å². The van der Waals surface area contributed by atoms with E-state index in [9.17, 15) is 14.0 Å². The summed E-state index contributed by atoms with van der Waals surface area (Å²) in [6.45, 7) is 2.10. The molecule has 0 unspecified atom stereocenters. The molecule has 2 aromatic rings. The van der Waals surface area contributed by atoms with Crippen LogP contribution in [-0.2, 0) is 17.8 Å². The lowest BCUT2D eigenvalue weighted by Gasteiger charge is -2.42. The fourth-order valence-electron chi connectivity index (χ4n) is 4.83. The number of methoxy groups -OCH3 is 2. The van der Waals surface area contributed by atoms with Crippen molar-refractivity contribution in [3.63, 3.8) is 0 Å². The van der Waals surface area contributed by atoms with Crippen LogP contribution >= 0.6 is 0 Å². The lowest BCUT2D eigenvalue weighted by atomic mass is 9.85. The highest BCUT2D eigenvalue weighted by atomic mass is 19.1. The number of likely N-dealkylation sites (tertiary alicyclic amines) is 1. The molecule has 0 aromatic heterocycles. The fourth-order valence-corrected chi connectivity index (χ4v) is 4.83. The second-order valence-corrected chi connectivity index (χ2v) is 8.66. The molecule has 0 aliphatic carbocycles. The average molecular weight is 456 g/mol. The standard InChI is InChI=1S/C25H30FN3O4/c1-27-23(30)25(29(24(27)31)13-10-18-4-6-20(32-2)7-5-18)11-14-28(15-12-25)17-19-16-21(33-3)8-9-22(19)26/h4-9,16H,10-15,17H2,1-3H3. The van der Waals surface area contributed by atoms with E-state index in [-0.39, 0.29) is 17.8 Å². The van der Waals surface area contributed by atoms with Gasteiger partial charge in [0.05, 0.1) is 14.2 Å². The number of ether oxygens (including phenoxy) is 2. The van der Waals surface area contributed by atoms with Gasteiger partial charge in [-0.05, 0) is 55.2 Å². The molecule has 1 spiro atoms. The first-order chi connectivity index (χ1) is 15.9. The van der Waals surface area contributed by atoms with Crippen molar-refractivity contribution >= 4 is 11.9 Å². The Morgan fingerprint density at radius 2 is 1.61 bits per heavy atom. The molecular formula is C25H30FN3O4. The summed E-state index contributed by atoms with van der Waals surface area (Å²) in [6.07, 6.45) is 1.70. The second-order valence-electron chi connectivity index (χ2n) is 8.66. The van der Waals surface area contributed by atoms with Crippen LogP contribution in [0.1, 0.15) is 24.0 Å². The van der Waals surface area contributed by atoms with Gasteiger partial charge in [-0.25, -0.2) is 9.18 Å². The molecule has 2 aromatic carbocycles. The van der Waals surface area contributed by atoms with E-state index in [1.807, 2.05) is 24.3 Å². The van der Waals surface area contributed by atoms with Crippen molar-refractivity contribution in [3.8, 4) is 11.5 Å². The number of hydrogen-bond acceptors (Lipinski definition) is 5. The number of imide groups is 1. The van der Waals surface area contributed by atoms with Crippen LogP contribution < -0.4 is 9.47 Å². The van der Waals surface area contributed by atoms with Gasteiger partial charge in [-0.3, -0.25) is 14.6 Å². The molecule has 2 fully saturated rings. The average Bonchev–Trinajstić information content (AvgIpc) is 3.01. The zero-order chi connectivity index (χ0) is 23.6. The number of urea groups is 1. The molecule has 0 atom stereocenters. The van der Waals surface area contributed by atoms with Crippen molar-refractivity contribution in [2.45, 2.75) is 31.3 Å². The van der Waals surface area contributed by atoms with Crippen LogP contribution in [0.4, 0.5) is 9.18 Å². The Labute approximate surface area is 193 Å². The van der Waals surface area contributed by atoms with Crippen LogP contribution in [0.2, 0.25) is 0 Å². The maximum atomic E-state index is 14.3. The molecule has 176 valence electrons. The van der Waals surface area contributed by atoms with Crippen LogP contribution in [0.15, 0.2) is 42.5 Å². The highest BCUT2D eigenvalue weighted by Gasteiger charge is 2.56. The van der Waals surface area contributed by atoms with E-state index in [4.69, 9.17) is 9.47 Å². The molecule has 2 saturated heterocycles. The maximum absolute atomic E-state index is 14.3. The molecule has 3 amide bonds. The van der Waals surface area contributed by atoms with E-state index in [1.54, 1.807) is 38.3 Å². The third-order valence-corrected chi connectivity index (χ3v) is 6.85. The molecule has 7 nitrogen and oxygen atoms in total. The number of piperidine rings is 1. The number of benzene rings is 2. The van der Waals surface area contributed by atoms with Gasteiger partial charge in [0, 0.05) is 38.8 Å². The minimum atomic E-state index is -0.832. The number of nitrogens with zero attached hydrogens (tertiary/aromatic N) is 3. The summed E-state index contributed by atoms with van der Waals surface area (Å²) in [7, 11) is 4.73. The third-order valence-electron chi connectivity index (χ3n) is 6.85. The molecular weight excluding hydrogens is 425 g/mol. The van der Waals surface area contributed by atoms with Crippen molar-refractivity contribution < 1.29 is 23.5 Å². The zero-order valence-corrected chi connectivity index (χ0v) is 19.3. The summed E-state index contributed by atoms with van der Waals surface area (Å²) >= 11 is 0. The van der Waals surface area contributed by atoms with Gasteiger partial charge >= 0.3 is 6.03 Å². The third kappa shape index (κ3) is 4.39. The molecule has 4 rings (SSSR count). The second kappa shape index (κ2) is 9.39. The lowest BCUT2D eigenvalue weighted by Crippen LogP contribution is -2.56. The number of hydrogen-bond donors (Lipinski definition) is 0. The Morgan fingerprint density at radius 3 is 2.24 bits per heavy atom. The molecule has 2 aliphatic rings. The van der Waals surface area contributed by atoms with E-state index >= 15 is 0 Å². The van der Waals surface area contributed by atoms with Crippen LogP contribution in [0.25, 0.3) is 0 Å². The monoisotopic (exact) mass is 455 g/mol. The topological polar surface area (TPSA) is 62.3 Å². The maximum Gasteiger partial charge on any atom is 0.327 e. The summed E-state index contributed by atoms with van der Waals surface area (Å²) in [5.41, 5.74) is 0.807. The van der Waals surface area contributed by atoms with Crippen LogP contribution in [0.5, 0.6) is 11.5 Å². The predicted molar refractivity (Wildman–Crippen MR) is 122 cm³/mol. The SMILES string of the molecule is COc1ccc(CCN2C(=O)N(C)C(=O)C23CCN(Cc2cc(OC)ccc2F)CC3)cc1. The fraction of sp³-hybridized carbons (Fsp3) is 0.440. The normalized spacial score (nSPS) is 18.3. The number of rotatable bonds is 7. The van der Waals surface area contributed by atoms with Gasteiger partial charge < -0.3 is 14.4 Å². The largest absolute Gasteiger partial charge is 0.497 e. The van der Waals surface area contributed by atoms with Gasteiger partial charge in [-0.15, -0.1) is 0 Å². The van der Waals surface area contributed by atoms with Gasteiger partial charge in [0.25, 0.3) is 5.91 Å². The first kappa shape index (κ1) is 23.0. The number of halogens is 1. The van der Waals surface area contributed by atoms with Gasteiger partial charge in [0.1, 0.15) is 22.9 Å². The predicted octanol–water partition coefficient (Wildman–Crippen LogP) is 3.31. The highest BCUT2D eigenvalue weighted by Crippen LogP contribution is 2.37. The van der Waals surface area contributed by atoms with Crippen molar-refractivity contribution in [2.75, 3.05) is 40.9 Å². The van der Waals surface area contributed by atoms with Crippen LogP contribution in [0.3, 0.4) is 0 Å². The van der Waals surface area contributed by atoms with Crippen molar-refractivity contribution in [1.82, 2.24) is 14.7 Å². The Balaban J connectivity index is 1.45. The minimum Gasteiger partial charge on any atom is -0.497 e. The summed E-state index contributed by atoms with van der Waals surface area (Å²) in [6, 6.07) is 12.2. The minimum absolute atomic E-state index is 0.144. The highest BCUT2D eigenvalue weighted by molar-refractivity contribution is 6.06. The molecule has 0 radical (unpaired) electrons. The molecule has 2 aliphatic heterocycles. The summed E-state index contributed by atoms with van der Waals surface area (Å²) < 4.78 is 24.7. The van der Waals surface area contributed by atoms with E-state index in [2.05, 4.69) is 4.90 Å². The van der Waals surface area contributed by atoms with Crippen LogP contribution in [0, 0.1) is 5.82 Å². The van der Waals surface area contributed by atoms with E-state index in [0.29, 0.717) is 56.8 Å². The summed E-state index contributed by atoms with van der Waals surface area (Å²) in [5, 5.41) is 0. The quantitative estimate of drug-likeness (QED) is 0.600. The first-order valence-corrected chi connectivity index (χ1v) is 11.2. The van der Waals surface area contributed by atoms with Crippen molar-refractivity contribution in [1.29, 1.82) is 0 Å².